The molecule has 1 aliphatic heterocycles. The molecule has 0 aliphatic carbocycles. The third-order valence-electron chi connectivity index (χ3n) is 4.32. The molecule has 8 heteroatoms. The molecule has 5 amide bonds. The van der Waals surface area contributed by atoms with E-state index in [0.29, 0.717) is 11.4 Å². The van der Waals surface area contributed by atoms with Crippen molar-refractivity contribution in [1.29, 1.82) is 0 Å². The fourth-order valence-corrected chi connectivity index (χ4v) is 2.97. The lowest BCUT2D eigenvalue weighted by atomic mass is 10.0. The standard InChI is InChI=1S/C21H20N4O4/c1-13(22-16-10-6-7-11-17(16)23-14(2)26)18-19(27)24-21(29)25(20(18)28)12-15-8-4-3-5-9-15/h3-11,18,22H,1,12H2,2H3,(H,23,26)(H,24,27,29)/t18-/m1/s1. The van der Waals surface area contributed by atoms with E-state index in [0.717, 1.165) is 10.5 Å². The van der Waals surface area contributed by atoms with Gasteiger partial charge in [0.05, 0.1) is 17.9 Å². The monoisotopic (exact) mass is 392 g/mol. The highest BCUT2D eigenvalue weighted by Crippen LogP contribution is 2.26. The smallest absolute Gasteiger partial charge is 0.331 e. The molecule has 8 nitrogen and oxygen atoms in total. The lowest BCUT2D eigenvalue weighted by Crippen LogP contribution is -2.58. The number of benzene rings is 2. The van der Waals surface area contributed by atoms with Gasteiger partial charge in [0.15, 0.2) is 5.92 Å². The summed E-state index contributed by atoms with van der Waals surface area (Å²) in [6.45, 7) is 5.22. The minimum atomic E-state index is -1.29. The first-order valence-corrected chi connectivity index (χ1v) is 8.89. The van der Waals surface area contributed by atoms with Gasteiger partial charge in [0.1, 0.15) is 0 Å². The van der Waals surface area contributed by atoms with E-state index in [1.54, 1.807) is 48.5 Å². The molecule has 0 radical (unpaired) electrons. The topological polar surface area (TPSA) is 108 Å². The van der Waals surface area contributed by atoms with Crippen molar-refractivity contribution < 1.29 is 19.2 Å². The average molecular weight is 392 g/mol. The maximum absolute atomic E-state index is 12.9. The van der Waals surface area contributed by atoms with Gasteiger partial charge in [0.2, 0.25) is 17.7 Å². The molecule has 0 unspecified atom stereocenters. The van der Waals surface area contributed by atoms with Crippen LogP contribution in [0, 0.1) is 5.92 Å². The second kappa shape index (κ2) is 8.39. The molecular weight excluding hydrogens is 372 g/mol. The molecule has 1 saturated heterocycles. The number of carbonyl (C=O) groups is 4. The number of anilines is 2. The van der Waals surface area contributed by atoms with Crippen molar-refractivity contribution in [2.45, 2.75) is 13.5 Å². The number of nitrogens with one attached hydrogen (secondary N) is 3. The van der Waals surface area contributed by atoms with Crippen molar-refractivity contribution in [3.63, 3.8) is 0 Å². The number of barbiturate groups is 1. The largest absolute Gasteiger partial charge is 0.357 e. The van der Waals surface area contributed by atoms with Crippen LogP contribution in [-0.4, -0.2) is 28.7 Å². The molecule has 1 fully saturated rings. The van der Waals surface area contributed by atoms with Crippen molar-refractivity contribution in [1.82, 2.24) is 10.2 Å². The lowest BCUT2D eigenvalue weighted by Gasteiger charge is -2.31. The molecule has 0 aromatic heterocycles. The van der Waals surface area contributed by atoms with Crippen LogP contribution in [0.1, 0.15) is 12.5 Å². The molecule has 1 atom stereocenters. The predicted octanol–water partition coefficient (Wildman–Crippen LogP) is 2.47. The third kappa shape index (κ3) is 4.49. The van der Waals surface area contributed by atoms with E-state index in [-0.39, 0.29) is 18.1 Å². The van der Waals surface area contributed by atoms with E-state index in [9.17, 15) is 19.2 Å². The molecule has 3 rings (SSSR count). The maximum atomic E-state index is 12.9. The van der Waals surface area contributed by atoms with Crippen LogP contribution in [0.4, 0.5) is 16.2 Å². The van der Waals surface area contributed by atoms with Gasteiger partial charge in [-0.1, -0.05) is 49.0 Å². The molecule has 0 spiro atoms. The quantitative estimate of drug-likeness (QED) is 0.655. The number of imide groups is 2. The summed E-state index contributed by atoms with van der Waals surface area (Å²) in [5.41, 5.74) is 1.79. The number of urea groups is 1. The molecule has 0 saturated carbocycles. The molecule has 1 aliphatic rings. The van der Waals surface area contributed by atoms with Gasteiger partial charge in [-0.25, -0.2) is 4.79 Å². The summed E-state index contributed by atoms with van der Waals surface area (Å²) in [5.74, 6) is -2.98. The van der Waals surface area contributed by atoms with E-state index in [4.69, 9.17) is 0 Å². The summed E-state index contributed by atoms with van der Waals surface area (Å²) in [5, 5.41) is 7.78. The highest BCUT2D eigenvalue weighted by molar-refractivity contribution is 6.18. The van der Waals surface area contributed by atoms with Gasteiger partial charge >= 0.3 is 6.03 Å². The molecular formula is C21H20N4O4. The Labute approximate surface area is 167 Å². The Morgan fingerprint density at radius 1 is 1.00 bits per heavy atom. The van der Waals surface area contributed by atoms with Gasteiger partial charge in [0, 0.05) is 12.6 Å². The van der Waals surface area contributed by atoms with Gasteiger partial charge < -0.3 is 10.6 Å². The van der Waals surface area contributed by atoms with E-state index >= 15 is 0 Å². The van der Waals surface area contributed by atoms with Gasteiger partial charge in [-0.05, 0) is 17.7 Å². The van der Waals surface area contributed by atoms with Crippen molar-refractivity contribution in [3.05, 3.63) is 72.4 Å². The Morgan fingerprint density at radius 2 is 1.59 bits per heavy atom. The maximum Gasteiger partial charge on any atom is 0.331 e. The second-order valence-corrected chi connectivity index (χ2v) is 6.51. The van der Waals surface area contributed by atoms with Crippen LogP contribution in [0.25, 0.3) is 0 Å². The van der Waals surface area contributed by atoms with Crippen molar-refractivity contribution in [2.75, 3.05) is 10.6 Å². The number of hydrogen-bond acceptors (Lipinski definition) is 5. The van der Waals surface area contributed by atoms with E-state index in [2.05, 4.69) is 22.5 Å². The van der Waals surface area contributed by atoms with Gasteiger partial charge in [0.25, 0.3) is 0 Å². The molecule has 2 aromatic carbocycles. The lowest BCUT2D eigenvalue weighted by molar-refractivity contribution is -0.141. The van der Waals surface area contributed by atoms with Crippen LogP contribution < -0.4 is 16.0 Å². The normalized spacial score (nSPS) is 16.2. The predicted molar refractivity (Wildman–Crippen MR) is 108 cm³/mol. The fraction of sp³-hybridized carbons (Fsp3) is 0.143. The molecule has 1 heterocycles. The van der Waals surface area contributed by atoms with Crippen molar-refractivity contribution in [3.8, 4) is 0 Å². The molecule has 0 bridgehead atoms. The Kier molecular flexibility index (Phi) is 5.73. The zero-order chi connectivity index (χ0) is 21.0. The molecule has 3 N–H and O–H groups in total. The number of rotatable bonds is 6. The number of carbonyl (C=O) groups excluding carboxylic acids is 4. The number of nitrogens with zero attached hydrogens (tertiary/aromatic N) is 1. The Morgan fingerprint density at radius 3 is 2.21 bits per heavy atom. The molecule has 29 heavy (non-hydrogen) atoms. The van der Waals surface area contributed by atoms with E-state index < -0.39 is 23.8 Å². The van der Waals surface area contributed by atoms with Crippen molar-refractivity contribution >= 4 is 35.1 Å². The summed E-state index contributed by atoms with van der Waals surface area (Å²) in [4.78, 5) is 49.8. The summed E-state index contributed by atoms with van der Waals surface area (Å²) in [7, 11) is 0. The van der Waals surface area contributed by atoms with E-state index in [1.165, 1.54) is 6.92 Å². The first-order valence-electron chi connectivity index (χ1n) is 8.89. The van der Waals surface area contributed by atoms with Gasteiger partial charge in [-0.3, -0.25) is 24.6 Å². The van der Waals surface area contributed by atoms with Crippen LogP contribution in [-0.2, 0) is 20.9 Å². The highest BCUT2D eigenvalue weighted by Gasteiger charge is 2.42. The Balaban J connectivity index is 1.81. The van der Waals surface area contributed by atoms with Crippen LogP contribution in [0.15, 0.2) is 66.9 Å². The Hall–Kier alpha value is -3.94. The summed E-state index contributed by atoms with van der Waals surface area (Å²) < 4.78 is 0. The highest BCUT2D eigenvalue weighted by atomic mass is 16.2. The molecule has 2 aromatic rings. The minimum Gasteiger partial charge on any atom is -0.357 e. The minimum absolute atomic E-state index is 0.0328. The molecule has 148 valence electrons. The first-order chi connectivity index (χ1) is 13.9. The number of amides is 5. The third-order valence-corrected chi connectivity index (χ3v) is 4.32. The summed E-state index contributed by atoms with van der Waals surface area (Å²) in [6, 6.07) is 15.0. The SMILES string of the molecule is C=C(Nc1ccccc1NC(C)=O)[C@@H]1C(=O)NC(=O)N(Cc2ccccc2)C1=O. The second-order valence-electron chi connectivity index (χ2n) is 6.51. The number of para-hydroxylation sites is 2. The van der Waals surface area contributed by atoms with Crippen LogP contribution in [0.3, 0.4) is 0 Å². The Bertz CT molecular complexity index is 987. The van der Waals surface area contributed by atoms with Gasteiger partial charge in [-0.2, -0.15) is 0 Å². The van der Waals surface area contributed by atoms with Crippen LogP contribution in [0.5, 0.6) is 0 Å². The van der Waals surface area contributed by atoms with E-state index in [1.807, 2.05) is 6.07 Å². The van der Waals surface area contributed by atoms with Crippen LogP contribution in [0.2, 0.25) is 0 Å². The van der Waals surface area contributed by atoms with Crippen LogP contribution >= 0.6 is 0 Å². The zero-order valence-electron chi connectivity index (χ0n) is 15.8. The number of hydrogen-bond donors (Lipinski definition) is 3. The first kappa shape index (κ1) is 19.8. The van der Waals surface area contributed by atoms with Gasteiger partial charge in [-0.15, -0.1) is 0 Å². The average Bonchev–Trinajstić information content (AvgIpc) is 2.67. The summed E-state index contributed by atoms with van der Waals surface area (Å²) in [6.07, 6.45) is 0. The zero-order valence-corrected chi connectivity index (χ0v) is 15.8. The summed E-state index contributed by atoms with van der Waals surface area (Å²) >= 11 is 0. The van der Waals surface area contributed by atoms with Crippen molar-refractivity contribution in [2.24, 2.45) is 5.92 Å². The fourth-order valence-electron chi connectivity index (χ4n) is 2.97.